The number of hydrogen-bond acceptors (Lipinski definition) is 3. The summed E-state index contributed by atoms with van der Waals surface area (Å²) in [6.07, 6.45) is 8.04. The third kappa shape index (κ3) is 2.92. The molecular formula is C12H24N2O. The van der Waals surface area contributed by atoms with Crippen LogP contribution in [0.5, 0.6) is 0 Å². The van der Waals surface area contributed by atoms with Crippen LogP contribution in [0.2, 0.25) is 0 Å². The van der Waals surface area contributed by atoms with Gasteiger partial charge < -0.3 is 10.5 Å². The number of nitrogens with two attached hydrogens (primary N) is 1. The molecule has 0 aromatic rings. The summed E-state index contributed by atoms with van der Waals surface area (Å²) < 4.78 is 5.67. The van der Waals surface area contributed by atoms with Crippen molar-refractivity contribution in [2.45, 2.75) is 56.7 Å². The molecule has 2 fully saturated rings. The lowest BCUT2D eigenvalue weighted by atomic mass is 9.90. The number of likely N-dealkylation sites (N-methyl/N-ethyl adjacent to an activating group) is 1. The smallest absolute Gasteiger partial charge is 0.0702 e. The van der Waals surface area contributed by atoms with Gasteiger partial charge in [0.25, 0.3) is 0 Å². The van der Waals surface area contributed by atoms with Gasteiger partial charge in [-0.1, -0.05) is 12.8 Å². The first kappa shape index (κ1) is 11.4. The normalized spacial score (nSPS) is 37.4. The topological polar surface area (TPSA) is 38.5 Å². The summed E-state index contributed by atoms with van der Waals surface area (Å²) in [5.41, 5.74) is 6.17. The fraction of sp³-hybridized carbons (Fsp3) is 1.00. The lowest BCUT2D eigenvalue weighted by Crippen LogP contribution is -2.49. The molecule has 0 radical (unpaired) electrons. The van der Waals surface area contributed by atoms with Crippen molar-refractivity contribution in [1.82, 2.24) is 4.90 Å². The van der Waals surface area contributed by atoms with Gasteiger partial charge in [-0.3, -0.25) is 4.90 Å². The van der Waals surface area contributed by atoms with Gasteiger partial charge in [0.15, 0.2) is 0 Å². The van der Waals surface area contributed by atoms with Crippen LogP contribution in [0.15, 0.2) is 0 Å². The molecule has 1 aliphatic heterocycles. The zero-order valence-corrected chi connectivity index (χ0v) is 9.82. The van der Waals surface area contributed by atoms with E-state index in [4.69, 9.17) is 10.5 Å². The second-order valence-corrected chi connectivity index (χ2v) is 5.09. The Morgan fingerprint density at radius 2 is 2.00 bits per heavy atom. The Morgan fingerprint density at radius 3 is 2.67 bits per heavy atom. The SMILES string of the molecule is CN(C[C@@H]1CCCO1)[C@@H]1CCCC[C@H]1N. The minimum atomic E-state index is 0.380. The van der Waals surface area contributed by atoms with Crippen molar-refractivity contribution in [3.05, 3.63) is 0 Å². The standard InChI is InChI=1S/C12H24N2O/c1-14(9-10-5-4-8-15-10)12-7-3-2-6-11(12)13/h10-12H,2-9,13H2,1H3/t10-,11+,12+/m0/s1. The van der Waals surface area contributed by atoms with Crippen LogP contribution in [0.1, 0.15) is 38.5 Å². The first-order valence-corrected chi connectivity index (χ1v) is 6.35. The number of hydrogen-bond donors (Lipinski definition) is 1. The van der Waals surface area contributed by atoms with E-state index in [2.05, 4.69) is 11.9 Å². The van der Waals surface area contributed by atoms with E-state index in [1.807, 2.05) is 0 Å². The summed E-state index contributed by atoms with van der Waals surface area (Å²) in [6.45, 7) is 2.02. The van der Waals surface area contributed by atoms with E-state index in [-0.39, 0.29) is 0 Å². The maximum Gasteiger partial charge on any atom is 0.0702 e. The van der Waals surface area contributed by atoms with Gasteiger partial charge in [-0.15, -0.1) is 0 Å². The number of nitrogens with zero attached hydrogens (tertiary/aromatic N) is 1. The molecule has 0 unspecified atom stereocenters. The molecule has 0 bridgehead atoms. The van der Waals surface area contributed by atoms with Gasteiger partial charge in [0.05, 0.1) is 6.10 Å². The van der Waals surface area contributed by atoms with E-state index >= 15 is 0 Å². The third-order valence-corrected chi connectivity index (χ3v) is 3.86. The zero-order chi connectivity index (χ0) is 10.7. The molecular weight excluding hydrogens is 188 g/mol. The van der Waals surface area contributed by atoms with E-state index in [1.54, 1.807) is 0 Å². The monoisotopic (exact) mass is 212 g/mol. The third-order valence-electron chi connectivity index (χ3n) is 3.86. The predicted molar refractivity (Wildman–Crippen MR) is 61.8 cm³/mol. The molecule has 0 spiro atoms. The Kier molecular flexibility index (Phi) is 4.00. The molecule has 0 amide bonds. The first-order chi connectivity index (χ1) is 7.27. The fourth-order valence-corrected chi connectivity index (χ4v) is 2.93. The van der Waals surface area contributed by atoms with Crippen molar-refractivity contribution >= 4 is 0 Å². The highest BCUT2D eigenvalue weighted by atomic mass is 16.5. The lowest BCUT2D eigenvalue weighted by molar-refractivity contribution is 0.0565. The molecule has 88 valence electrons. The van der Waals surface area contributed by atoms with Crippen LogP contribution >= 0.6 is 0 Å². The highest BCUT2D eigenvalue weighted by molar-refractivity contribution is 4.86. The van der Waals surface area contributed by atoms with Crippen LogP contribution in [0.25, 0.3) is 0 Å². The second kappa shape index (κ2) is 5.28. The van der Waals surface area contributed by atoms with Gasteiger partial charge in [0, 0.05) is 25.2 Å². The van der Waals surface area contributed by atoms with Crippen LogP contribution < -0.4 is 5.73 Å². The highest BCUT2D eigenvalue weighted by Crippen LogP contribution is 2.22. The highest BCUT2D eigenvalue weighted by Gasteiger charge is 2.27. The molecule has 1 saturated heterocycles. The van der Waals surface area contributed by atoms with Gasteiger partial charge in [-0.25, -0.2) is 0 Å². The van der Waals surface area contributed by atoms with Gasteiger partial charge >= 0.3 is 0 Å². The molecule has 1 saturated carbocycles. The van der Waals surface area contributed by atoms with Crippen LogP contribution in [0.4, 0.5) is 0 Å². The fourth-order valence-electron chi connectivity index (χ4n) is 2.93. The largest absolute Gasteiger partial charge is 0.377 e. The van der Waals surface area contributed by atoms with Gasteiger partial charge in [-0.05, 0) is 32.7 Å². The average molecular weight is 212 g/mol. The Bertz CT molecular complexity index is 192. The summed E-state index contributed by atoms with van der Waals surface area (Å²) in [7, 11) is 2.21. The Hall–Kier alpha value is -0.120. The average Bonchev–Trinajstić information content (AvgIpc) is 2.71. The molecule has 2 N–H and O–H groups in total. The predicted octanol–water partition coefficient (Wildman–Crippen LogP) is 1.37. The van der Waals surface area contributed by atoms with Gasteiger partial charge in [0.1, 0.15) is 0 Å². The minimum Gasteiger partial charge on any atom is -0.377 e. The maximum absolute atomic E-state index is 6.17. The van der Waals surface area contributed by atoms with Crippen LogP contribution in [-0.4, -0.2) is 43.3 Å². The Balaban J connectivity index is 1.80. The molecule has 15 heavy (non-hydrogen) atoms. The minimum absolute atomic E-state index is 0.380. The number of ether oxygens (including phenoxy) is 1. The summed E-state index contributed by atoms with van der Waals surface area (Å²) in [5, 5.41) is 0. The Labute approximate surface area is 93.0 Å². The molecule has 0 aromatic carbocycles. The van der Waals surface area contributed by atoms with Crippen molar-refractivity contribution in [2.24, 2.45) is 5.73 Å². The van der Waals surface area contributed by atoms with Crippen LogP contribution in [0, 0.1) is 0 Å². The molecule has 2 aliphatic rings. The van der Waals surface area contributed by atoms with E-state index < -0.39 is 0 Å². The van der Waals surface area contributed by atoms with Crippen molar-refractivity contribution in [3.63, 3.8) is 0 Å². The van der Waals surface area contributed by atoms with Crippen molar-refractivity contribution < 1.29 is 4.74 Å². The summed E-state index contributed by atoms with van der Waals surface area (Å²) in [5.74, 6) is 0. The Morgan fingerprint density at radius 1 is 1.20 bits per heavy atom. The van der Waals surface area contributed by atoms with Crippen molar-refractivity contribution in [2.75, 3.05) is 20.2 Å². The summed E-state index contributed by atoms with van der Waals surface area (Å²) in [4.78, 5) is 2.43. The summed E-state index contributed by atoms with van der Waals surface area (Å²) >= 11 is 0. The van der Waals surface area contributed by atoms with Crippen LogP contribution in [-0.2, 0) is 4.74 Å². The molecule has 0 aromatic heterocycles. The van der Waals surface area contributed by atoms with E-state index in [0.29, 0.717) is 18.2 Å². The van der Waals surface area contributed by atoms with Crippen LogP contribution in [0.3, 0.4) is 0 Å². The molecule has 2 rings (SSSR count). The van der Waals surface area contributed by atoms with E-state index in [0.717, 1.165) is 13.2 Å². The molecule has 1 aliphatic carbocycles. The molecule has 1 heterocycles. The van der Waals surface area contributed by atoms with Crippen molar-refractivity contribution in [1.29, 1.82) is 0 Å². The first-order valence-electron chi connectivity index (χ1n) is 6.35. The molecule has 3 atom stereocenters. The van der Waals surface area contributed by atoms with Crippen molar-refractivity contribution in [3.8, 4) is 0 Å². The van der Waals surface area contributed by atoms with Gasteiger partial charge in [-0.2, -0.15) is 0 Å². The molecule has 3 nitrogen and oxygen atoms in total. The lowest BCUT2D eigenvalue weighted by Gasteiger charge is -2.37. The maximum atomic E-state index is 6.17. The second-order valence-electron chi connectivity index (χ2n) is 5.09. The zero-order valence-electron chi connectivity index (χ0n) is 9.82. The van der Waals surface area contributed by atoms with E-state index in [1.165, 1.54) is 38.5 Å². The number of rotatable bonds is 3. The quantitative estimate of drug-likeness (QED) is 0.768. The van der Waals surface area contributed by atoms with E-state index in [9.17, 15) is 0 Å². The molecule has 3 heteroatoms. The summed E-state index contributed by atoms with van der Waals surface area (Å²) in [6, 6.07) is 0.966. The van der Waals surface area contributed by atoms with Gasteiger partial charge in [0.2, 0.25) is 0 Å².